The minimum atomic E-state index is -0.744. The number of carboxylic acids is 1. The Hall–Kier alpha value is -1.32. The van der Waals surface area contributed by atoms with Crippen LogP contribution < -0.4 is 0 Å². The Morgan fingerprint density at radius 2 is 2.10 bits per heavy atom. The van der Waals surface area contributed by atoms with Crippen molar-refractivity contribution in [2.45, 2.75) is 65.3 Å². The summed E-state index contributed by atoms with van der Waals surface area (Å²) in [5.41, 5.74) is 0.153. The molecule has 0 bridgehead atoms. The van der Waals surface area contributed by atoms with Gasteiger partial charge in [-0.1, -0.05) is 33.1 Å². The molecule has 1 N–H and O–H groups in total. The lowest BCUT2D eigenvalue weighted by Gasteiger charge is -2.28. The van der Waals surface area contributed by atoms with Gasteiger partial charge in [-0.2, -0.15) is 5.10 Å². The standard InChI is InChI=1S/C16H26N2O2/c1-12(2)16(3,15(19)20)11-13-9-10-18(17-13)14-7-5-4-6-8-14/h9-10,12,14H,4-8,11H2,1-3H3,(H,19,20). The molecule has 0 amide bonds. The highest BCUT2D eigenvalue weighted by atomic mass is 16.4. The van der Waals surface area contributed by atoms with Crippen LogP contribution in [0.25, 0.3) is 0 Å². The Kier molecular flexibility index (Phi) is 4.51. The summed E-state index contributed by atoms with van der Waals surface area (Å²) in [6, 6.07) is 2.49. The lowest BCUT2D eigenvalue weighted by Crippen LogP contribution is -2.35. The molecule has 0 spiro atoms. The van der Waals surface area contributed by atoms with Crippen LogP contribution in [0.3, 0.4) is 0 Å². The molecular formula is C16H26N2O2. The van der Waals surface area contributed by atoms with E-state index in [0.717, 1.165) is 5.69 Å². The second kappa shape index (κ2) is 5.98. The van der Waals surface area contributed by atoms with Crippen LogP contribution in [0.4, 0.5) is 0 Å². The maximum absolute atomic E-state index is 11.5. The second-order valence-corrected chi connectivity index (χ2v) is 6.63. The van der Waals surface area contributed by atoms with Crippen molar-refractivity contribution >= 4 is 5.97 Å². The van der Waals surface area contributed by atoms with Gasteiger partial charge in [-0.25, -0.2) is 0 Å². The van der Waals surface area contributed by atoms with Crippen molar-refractivity contribution < 1.29 is 9.90 Å². The molecule has 1 heterocycles. The van der Waals surface area contributed by atoms with Crippen LogP contribution in [-0.2, 0) is 11.2 Å². The molecule has 4 heteroatoms. The molecule has 1 unspecified atom stereocenters. The number of hydrogen-bond donors (Lipinski definition) is 1. The first kappa shape index (κ1) is 15.1. The Bertz CT molecular complexity index is 461. The molecule has 1 aromatic rings. The molecule has 0 aromatic carbocycles. The van der Waals surface area contributed by atoms with E-state index in [9.17, 15) is 9.90 Å². The predicted octanol–water partition coefficient (Wildman–Crippen LogP) is 3.68. The van der Waals surface area contributed by atoms with Crippen molar-refractivity contribution in [1.82, 2.24) is 9.78 Å². The monoisotopic (exact) mass is 278 g/mol. The first-order chi connectivity index (χ1) is 9.43. The summed E-state index contributed by atoms with van der Waals surface area (Å²) in [6.07, 6.45) is 8.79. The van der Waals surface area contributed by atoms with Gasteiger partial charge in [-0.05, 0) is 31.7 Å². The van der Waals surface area contributed by atoms with E-state index in [2.05, 4.69) is 9.78 Å². The van der Waals surface area contributed by atoms with E-state index in [1.807, 2.05) is 33.0 Å². The zero-order valence-corrected chi connectivity index (χ0v) is 12.8. The number of rotatable bonds is 5. The number of carbonyl (C=O) groups is 1. The fourth-order valence-corrected chi connectivity index (χ4v) is 2.92. The number of nitrogens with zero attached hydrogens (tertiary/aromatic N) is 2. The van der Waals surface area contributed by atoms with E-state index in [1.165, 1.54) is 32.1 Å². The van der Waals surface area contributed by atoms with E-state index < -0.39 is 11.4 Å². The average molecular weight is 278 g/mol. The quantitative estimate of drug-likeness (QED) is 0.894. The van der Waals surface area contributed by atoms with Crippen LogP contribution in [0, 0.1) is 11.3 Å². The molecular weight excluding hydrogens is 252 g/mol. The summed E-state index contributed by atoms with van der Waals surface area (Å²) < 4.78 is 2.05. The molecule has 0 radical (unpaired) electrons. The van der Waals surface area contributed by atoms with E-state index in [1.54, 1.807) is 0 Å². The van der Waals surface area contributed by atoms with E-state index in [-0.39, 0.29) is 5.92 Å². The van der Waals surface area contributed by atoms with E-state index >= 15 is 0 Å². The Morgan fingerprint density at radius 1 is 1.45 bits per heavy atom. The van der Waals surface area contributed by atoms with E-state index in [0.29, 0.717) is 12.5 Å². The van der Waals surface area contributed by atoms with Gasteiger partial charge in [-0.15, -0.1) is 0 Å². The fourth-order valence-electron chi connectivity index (χ4n) is 2.92. The summed E-state index contributed by atoms with van der Waals surface area (Å²) >= 11 is 0. The molecule has 1 aliphatic rings. The van der Waals surface area contributed by atoms with Crippen molar-refractivity contribution in [3.63, 3.8) is 0 Å². The van der Waals surface area contributed by atoms with Crippen molar-refractivity contribution in [3.05, 3.63) is 18.0 Å². The third-order valence-electron chi connectivity index (χ3n) is 4.92. The predicted molar refractivity (Wildman–Crippen MR) is 78.6 cm³/mol. The maximum atomic E-state index is 11.5. The lowest BCUT2D eigenvalue weighted by molar-refractivity contribution is -0.150. The Labute approximate surface area is 121 Å². The zero-order valence-electron chi connectivity index (χ0n) is 12.8. The molecule has 1 saturated carbocycles. The van der Waals surface area contributed by atoms with E-state index in [4.69, 9.17) is 0 Å². The Morgan fingerprint density at radius 3 is 2.65 bits per heavy atom. The second-order valence-electron chi connectivity index (χ2n) is 6.63. The van der Waals surface area contributed by atoms with Gasteiger partial charge >= 0.3 is 5.97 Å². The van der Waals surface area contributed by atoms with Gasteiger partial charge in [0.05, 0.1) is 17.2 Å². The molecule has 4 nitrogen and oxygen atoms in total. The van der Waals surface area contributed by atoms with Gasteiger partial charge in [0.15, 0.2) is 0 Å². The van der Waals surface area contributed by atoms with Crippen molar-refractivity contribution in [3.8, 4) is 0 Å². The number of carboxylic acid groups (broad SMARTS) is 1. The maximum Gasteiger partial charge on any atom is 0.310 e. The van der Waals surface area contributed by atoms with Crippen LogP contribution in [0.1, 0.15) is 64.6 Å². The molecule has 20 heavy (non-hydrogen) atoms. The largest absolute Gasteiger partial charge is 0.481 e. The zero-order chi connectivity index (χ0) is 14.8. The number of aliphatic carboxylic acids is 1. The van der Waals surface area contributed by atoms with Crippen molar-refractivity contribution in [1.29, 1.82) is 0 Å². The number of aromatic nitrogens is 2. The topological polar surface area (TPSA) is 55.1 Å². The van der Waals surface area contributed by atoms with Crippen LogP contribution in [0.15, 0.2) is 12.3 Å². The van der Waals surface area contributed by atoms with Gasteiger partial charge in [-0.3, -0.25) is 9.48 Å². The normalized spacial score (nSPS) is 20.0. The van der Waals surface area contributed by atoms with Crippen LogP contribution >= 0.6 is 0 Å². The van der Waals surface area contributed by atoms with Crippen molar-refractivity contribution in [2.75, 3.05) is 0 Å². The van der Waals surface area contributed by atoms with Gasteiger partial charge in [0, 0.05) is 12.6 Å². The molecule has 1 fully saturated rings. The first-order valence-corrected chi connectivity index (χ1v) is 7.71. The summed E-state index contributed by atoms with van der Waals surface area (Å²) in [5, 5.41) is 14.1. The van der Waals surface area contributed by atoms with Crippen LogP contribution in [0.2, 0.25) is 0 Å². The molecule has 1 aromatic heterocycles. The fraction of sp³-hybridized carbons (Fsp3) is 0.750. The average Bonchev–Trinajstić information content (AvgIpc) is 2.87. The molecule has 1 aliphatic carbocycles. The minimum Gasteiger partial charge on any atom is -0.481 e. The molecule has 1 atom stereocenters. The summed E-state index contributed by atoms with van der Waals surface area (Å²) in [4.78, 5) is 11.5. The lowest BCUT2D eigenvalue weighted by atomic mass is 9.75. The van der Waals surface area contributed by atoms with Crippen LogP contribution in [-0.4, -0.2) is 20.9 Å². The molecule has 112 valence electrons. The smallest absolute Gasteiger partial charge is 0.310 e. The van der Waals surface area contributed by atoms with Crippen molar-refractivity contribution in [2.24, 2.45) is 11.3 Å². The third kappa shape index (κ3) is 3.05. The first-order valence-electron chi connectivity index (χ1n) is 7.71. The summed E-state index contributed by atoms with van der Waals surface area (Å²) in [5.74, 6) is -0.653. The van der Waals surface area contributed by atoms with Gasteiger partial charge in [0.25, 0.3) is 0 Å². The molecule has 0 saturated heterocycles. The highest BCUT2D eigenvalue weighted by Crippen LogP contribution is 2.32. The molecule has 0 aliphatic heterocycles. The summed E-state index contributed by atoms with van der Waals surface area (Å²) in [6.45, 7) is 5.75. The van der Waals surface area contributed by atoms with Gasteiger partial charge < -0.3 is 5.11 Å². The van der Waals surface area contributed by atoms with Crippen LogP contribution in [0.5, 0.6) is 0 Å². The number of hydrogen-bond acceptors (Lipinski definition) is 2. The van der Waals surface area contributed by atoms with Gasteiger partial charge in [0.1, 0.15) is 0 Å². The Balaban J connectivity index is 2.10. The SMILES string of the molecule is CC(C)C(C)(Cc1ccn(C2CCCCC2)n1)C(=O)O. The third-order valence-corrected chi connectivity index (χ3v) is 4.92. The van der Waals surface area contributed by atoms with Gasteiger partial charge in [0.2, 0.25) is 0 Å². The molecule has 2 rings (SSSR count). The highest BCUT2D eigenvalue weighted by molar-refractivity contribution is 5.74. The summed E-state index contributed by atoms with van der Waals surface area (Å²) in [7, 11) is 0. The highest BCUT2D eigenvalue weighted by Gasteiger charge is 2.37. The minimum absolute atomic E-state index is 0.0832.